The summed E-state index contributed by atoms with van der Waals surface area (Å²) in [5.74, 6) is -0.649. The summed E-state index contributed by atoms with van der Waals surface area (Å²) < 4.78 is 4.97. The van der Waals surface area contributed by atoms with Gasteiger partial charge in [0.05, 0.1) is 13.0 Å². The second-order valence-corrected chi connectivity index (χ2v) is 6.01. The second kappa shape index (κ2) is 8.47. The minimum atomic E-state index is -0.551. The van der Waals surface area contributed by atoms with Gasteiger partial charge in [-0.25, -0.2) is 9.80 Å². The fourth-order valence-corrected chi connectivity index (χ4v) is 2.46. The molecule has 0 saturated carbocycles. The van der Waals surface area contributed by atoms with E-state index >= 15 is 0 Å². The lowest BCUT2D eigenvalue weighted by atomic mass is 9.97. The van der Waals surface area contributed by atoms with E-state index in [-0.39, 0.29) is 24.8 Å². The number of hydrogen-bond acceptors (Lipinski definition) is 4. The number of ether oxygens (including phenoxy) is 1. The lowest BCUT2D eigenvalue weighted by Gasteiger charge is -2.19. The van der Waals surface area contributed by atoms with Crippen molar-refractivity contribution in [1.82, 2.24) is 9.91 Å². The van der Waals surface area contributed by atoms with Crippen molar-refractivity contribution in [3.8, 4) is 0 Å². The Balaban J connectivity index is 2.98. The summed E-state index contributed by atoms with van der Waals surface area (Å²) in [6, 6.07) is 4.12. The topological polar surface area (TPSA) is 62.2 Å². The van der Waals surface area contributed by atoms with Crippen LogP contribution >= 0.6 is 0 Å². The molecule has 0 N–H and O–H groups in total. The molecule has 0 radical (unpaired) electrons. The maximum Gasteiger partial charge on any atom is 0.375 e. The molecule has 6 nitrogen and oxygen atoms in total. The number of amidine groups is 1. The average Bonchev–Trinajstić information content (AvgIpc) is 2.47. The number of esters is 1. The Morgan fingerprint density at radius 3 is 2.08 bits per heavy atom. The molecule has 6 heteroatoms. The largest absolute Gasteiger partial charge is 0.460 e. The predicted octanol–water partition coefficient (Wildman–Crippen LogP) is 2.05. The molecule has 1 aromatic rings. The molecule has 0 fully saturated rings. The van der Waals surface area contributed by atoms with E-state index in [9.17, 15) is 9.59 Å². The Labute approximate surface area is 144 Å². The number of carbonyl (C=O) groups excluding carboxylic acids is 2. The average molecular weight is 333 g/mol. The molecule has 24 heavy (non-hydrogen) atoms. The van der Waals surface area contributed by atoms with Gasteiger partial charge in [-0.3, -0.25) is 4.79 Å². The zero-order chi connectivity index (χ0) is 18.4. The van der Waals surface area contributed by atoms with Crippen LogP contribution in [0.5, 0.6) is 0 Å². The fourth-order valence-electron chi connectivity index (χ4n) is 2.46. The van der Waals surface area contributed by atoms with Crippen LogP contribution in [0.4, 0.5) is 0 Å². The van der Waals surface area contributed by atoms with Crippen LogP contribution in [-0.2, 0) is 20.7 Å². The molecule has 132 valence electrons. The maximum absolute atomic E-state index is 12.5. The minimum Gasteiger partial charge on any atom is -0.460 e. The van der Waals surface area contributed by atoms with Gasteiger partial charge in [-0.05, 0) is 44.4 Å². The normalized spacial score (nSPS) is 11.2. The smallest absolute Gasteiger partial charge is 0.375 e. The van der Waals surface area contributed by atoms with E-state index < -0.39 is 5.97 Å². The number of amides is 1. The Bertz CT molecular complexity index is 628. The molecule has 0 bridgehead atoms. The van der Waals surface area contributed by atoms with E-state index in [4.69, 9.17) is 4.74 Å². The quantitative estimate of drug-likeness (QED) is 0.366. The first kappa shape index (κ1) is 19.7. The highest BCUT2D eigenvalue weighted by atomic mass is 16.5. The highest BCUT2D eigenvalue weighted by Crippen LogP contribution is 2.17. The van der Waals surface area contributed by atoms with E-state index in [0.29, 0.717) is 0 Å². The molecular weight excluding hydrogens is 306 g/mol. The molecule has 1 amide bonds. The van der Waals surface area contributed by atoms with E-state index in [1.54, 1.807) is 28.1 Å². The molecule has 1 rings (SSSR count). The van der Waals surface area contributed by atoms with Crippen molar-refractivity contribution in [3.05, 3.63) is 34.4 Å². The van der Waals surface area contributed by atoms with Crippen molar-refractivity contribution in [3.63, 3.8) is 0 Å². The molecule has 0 spiro atoms. The van der Waals surface area contributed by atoms with Gasteiger partial charge in [-0.2, -0.15) is 0 Å². The van der Waals surface area contributed by atoms with E-state index in [0.717, 1.165) is 16.7 Å². The predicted molar refractivity (Wildman–Crippen MR) is 94.9 cm³/mol. The van der Waals surface area contributed by atoms with Gasteiger partial charge in [0.2, 0.25) is 11.7 Å². The van der Waals surface area contributed by atoms with Crippen molar-refractivity contribution >= 4 is 17.7 Å². The summed E-state index contributed by atoms with van der Waals surface area (Å²) in [5.41, 5.74) is 4.33. The van der Waals surface area contributed by atoms with Gasteiger partial charge in [-0.15, -0.1) is 5.10 Å². The molecule has 0 heterocycles. The van der Waals surface area contributed by atoms with Gasteiger partial charge in [0.15, 0.2) is 0 Å². The maximum atomic E-state index is 12.5. The molecule has 1 aromatic carbocycles. The second-order valence-electron chi connectivity index (χ2n) is 6.01. The number of likely N-dealkylation sites (N-methyl/N-ethyl adjacent to an activating group) is 2. The van der Waals surface area contributed by atoms with Gasteiger partial charge in [0.1, 0.15) is 0 Å². The van der Waals surface area contributed by atoms with Crippen molar-refractivity contribution in [1.29, 1.82) is 0 Å². The zero-order valence-corrected chi connectivity index (χ0v) is 15.6. The third-order valence-electron chi connectivity index (χ3n) is 3.66. The van der Waals surface area contributed by atoms with E-state index in [2.05, 4.69) is 17.2 Å². The number of aryl methyl sites for hydroxylation is 3. The minimum absolute atomic E-state index is 0.0880. The molecule has 0 unspecified atom stereocenters. The Hall–Kier alpha value is -2.37. The molecule has 0 aliphatic heterocycles. The lowest BCUT2D eigenvalue weighted by Crippen LogP contribution is -2.36. The van der Waals surface area contributed by atoms with Crippen LogP contribution in [-0.4, -0.2) is 55.4 Å². The van der Waals surface area contributed by atoms with Crippen LogP contribution in [0.2, 0.25) is 0 Å². The Kier molecular flexibility index (Phi) is 6.95. The molecule has 0 atom stereocenters. The lowest BCUT2D eigenvalue weighted by molar-refractivity contribution is -0.135. The number of rotatable bonds is 4. The van der Waals surface area contributed by atoms with Crippen LogP contribution in [0.15, 0.2) is 17.2 Å². The third-order valence-corrected chi connectivity index (χ3v) is 3.66. The van der Waals surface area contributed by atoms with Crippen LogP contribution in [0, 0.1) is 20.8 Å². The van der Waals surface area contributed by atoms with E-state index in [1.165, 1.54) is 15.5 Å². The zero-order valence-electron chi connectivity index (χ0n) is 15.6. The molecule has 0 aliphatic carbocycles. The summed E-state index contributed by atoms with van der Waals surface area (Å²) in [6.07, 6.45) is 0.238. The van der Waals surface area contributed by atoms with Crippen molar-refractivity contribution in [2.75, 3.05) is 27.7 Å². The molecule has 0 aromatic heterocycles. The number of hydrogen-bond donors (Lipinski definition) is 0. The van der Waals surface area contributed by atoms with Gasteiger partial charge in [-0.1, -0.05) is 17.7 Å². The van der Waals surface area contributed by atoms with Crippen LogP contribution < -0.4 is 0 Å². The first-order valence-corrected chi connectivity index (χ1v) is 7.93. The fraction of sp³-hybridized carbons (Fsp3) is 0.500. The van der Waals surface area contributed by atoms with Crippen molar-refractivity contribution in [2.45, 2.75) is 34.1 Å². The summed E-state index contributed by atoms with van der Waals surface area (Å²) in [7, 11) is 4.91. The number of nitrogens with zero attached hydrogens (tertiary/aromatic N) is 3. The standard InChI is InChI=1S/C18H27N3O3/c1-8-24-18(23)17(20(5)6)19-21(7)16(22)11-15-13(3)9-12(2)10-14(15)4/h9-10H,8,11H2,1-7H3. The molecule has 0 aliphatic rings. The first-order chi connectivity index (χ1) is 11.2. The summed E-state index contributed by atoms with van der Waals surface area (Å²) >= 11 is 0. The van der Waals surface area contributed by atoms with Gasteiger partial charge in [0.25, 0.3) is 0 Å². The molecular formula is C18H27N3O3. The van der Waals surface area contributed by atoms with Gasteiger partial charge < -0.3 is 9.64 Å². The number of benzene rings is 1. The highest BCUT2D eigenvalue weighted by molar-refractivity contribution is 6.35. The first-order valence-electron chi connectivity index (χ1n) is 7.93. The summed E-state index contributed by atoms with van der Waals surface area (Å²) in [6.45, 7) is 8.00. The molecule has 0 saturated heterocycles. The van der Waals surface area contributed by atoms with Crippen LogP contribution in [0.3, 0.4) is 0 Å². The van der Waals surface area contributed by atoms with Crippen molar-refractivity contribution < 1.29 is 14.3 Å². The number of carbonyl (C=O) groups is 2. The third kappa shape index (κ3) is 5.08. The van der Waals surface area contributed by atoms with Crippen LogP contribution in [0.25, 0.3) is 0 Å². The van der Waals surface area contributed by atoms with Gasteiger partial charge >= 0.3 is 5.97 Å². The van der Waals surface area contributed by atoms with Gasteiger partial charge in [0, 0.05) is 21.1 Å². The Morgan fingerprint density at radius 2 is 1.62 bits per heavy atom. The Morgan fingerprint density at radius 1 is 1.08 bits per heavy atom. The summed E-state index contributed by atoms with van der Waals surface area (Å²) in [5, 5.41) is 5.32. The highest BCUT2D eigenvalue weighted by Gasteiger charge is 2.19. The van der Waals surface area contributed by atoms with Crippen LogP contribution in [0.1, 0.15) is 29.2 Å². The SMILES string of the molecule is CCOC(=O)C(=NN(C)C(=O)Cc1c(C)cc(C)cc1C)N(C)C. The number of hydrazone groups is 1. The monoisotopic (exact) mass is 333 g/mol. The van der Waals surface area contributed by atoms with E-state index in [1.807, 2.05) is 20.8 Å². The summed E-state index contributed by atoms with van der Waals surface area (Å²) in [4.78, 5) is 25.9. The van der Waals surface area contributed by atoms with Crippen molar-refractivity contribution in [2.24, 2.45) is 5.10 Å².